The van der Waals surface area contributed by atoms with E-state index in [1.54, 1.807) is 49.7 Å². The minimum Gasteiger partial charge on any atom is -0.497 e. The summed E-state index contributed by atoms with van der Waals surface area (Å²) in [6.45, 7) is 0.333. The molecular weight excluding hydrogens is 411 g/mol. The topological polar surface area (TPSA) is 59.9 Å². The molecular formula is C22H18Cl2N2O3. The molecule has 0 unspecified atom stereocenters. The lowest BCUT2D eigenvalue weighted by Crippen LogP contribution is -2.17. The molecule has 3 aromatic carbocycles. The molecule has 148 valence electrons. The molecule has 1 N–H and O–H groups in total. The second-order valence-corrected chi connectivity index (χ2v) is 6.87. The number of benzene rings is 3. The third kappa shape index (κ3) is 5.98. The molecule has 0 aliphatic carbocycles. The Morgan fingerprint density at radius 2 is 1.83 bits per heavy atom. The van der Waals surface area contributed by atoms with Crippen molar-refractivity contribution in [3.63, 3.8) is 0 Å². The number of carbonyl (C=O) groups is 1. The molecule has 0 saturated heterocycles. The smallest absolute Gasteiger partial charge is 0.271 e. The van der Waals surface area contributed by atoms with Crippen LogP contribution in [0.5, 0.6) is 11.5 Å². The van der Waals surface area contributed by atoms with Gasteiger partial charge < -0.3 is 9.47 Å². The minimum absolute atomic E-state index is 0.319. The van der Waals surface area contributed by atoms with Crippen LogP contribution in [-0.2, 0) is 6.61 Å². The highest BCUT2D eigenvalue weighted by Crippen LogP contribution is 2.22. The summed E-state index contributed by atoms with van der Waals surface area (Å²) in [5.74, 6) is 0.977. The number of amides is 1. The van der Waals surface area contributed by atoms with E-state index in [-0.39, 0.29) is 5.91 Å². The number of hydrazone groups is 1. The average molecular weight is 429 g/mol. The lowest BCUT2D eigenvalue weighted by molar-refractivity contribution is 0.0955. The number of rotatable bonds is 7. The molecule has 0 aromatic heterocycles. The van der Waals surface area contributed by atoms with E-state index < -0.39 is 0 Å². The molecule has 0 atom stereocenters. The molecule has 0 radical (unpaired) electrons. The Bertz CT molecular complexity index is 1020. The third-order valence-electron chi connectivity index (χ3n) is 4.00. The summed E-state index contributed by atoms with van der Waals surface area (Å²) in [4.78, 5) is 12.1. The van der Waals surface area contributed by atoms with Crippen molar-refractivity contribution in [3.8, 4) is 11.5 Å². The SMILES string of the molecule is COc1cccc(C(=O)N/N=C\c2ccc(OCc3ccc(Cl)cc3Cl)cc2)c1. The molecule has 0 heterocycles. The first-order chi connectivity index (χ1) is 14.0. The largest absolute Gasteiger partial charge is 0.497 e. The zero-order valence-corrected chi connectivity index (χ0v) is 17.1. The molecule has 0 saturated carbocycles. The Balaban J connectivity index is 1.53. The normalized spacial score (nSPS) is 10.7. The average Bonchev–Trinajstić information content (AvgIpc) is 2.74. The van der Waals surface area contributed by atoms with Gasteiger partial charge in [0.05, 0.1) is 13.3 Å². The first kappa shape index (κ1) is 20.7. The number of methoxy groups -OCH3 is 1. The van der Waals surface area contributed by atoms with Crippen molar-refractivity contribution in [1.29, 1.82) is 0 Å². The molecule has 1 amide bonds. The van der Waals surface area contributed by atoms with Gasteiger partial charge in [0.2, 0.25) is 0 Å². The number of ether oxygens (including phenoxy) is 2. The van der Waals surface area contributed by atoms with Crippen LogP contribution in [-0.4, -0.2) is 19.2 Å². The Morgan fingerprint density at radius 1 is 1.03 bits per heavy atom. The zero-order chi connectivity index (χ0) is 20.6. The maximum atomic E-state index is 12.1. The summed E-state index contributed by atoms with van der Waals surface area (Å²) in [6.07, 6.45) is 1.55. The number of carbonyl (C=O) groups excluding carboxylic acids is 1. The number of hydrogen-bond donors (Lipinski definition) is 1. The number of hydrogen-bond acceptors (Lipinski definition) is 4. The Kier molecular flexibility index (Phi) is 7.11. The molecule has 3 aromatic rings. The number of halogens is 2. The van der Waals surface area contributed by atoms with Gasteiger partial charge in [-0.15, -0.1) is 0 Å². The molecule has 0 aliphatic rings. The van der Waals surface area contributed by atoms with Crippen LogP contribution in [0, 0.1) is 0 Å². The Labute approximate surface area is 178 Å². The molecule has 7 heteroatoms. The summed E-state index contributed by atoms with van der Waals surface area (Å²) >= 11 is 12.0. The third-order valence-corrected chi connectivity index (χ3v) is 4.59. The number of nitrogens with zero attached hydrogens (tertiary/aromatic N) is 1. The van der Waals surface area contributed by atoms with Crippen LogP contribution in [0.3, 0.4) is 0 Å². The van der Waals surface area contributed by atoms with Gasteiger partial charge in [-0.25, -0.2) is 5.43 Å². The van der Waals surface area contributed by atoms with Crippen LogP contribution in [0.4, 0.5) is 0 Å². The van der Waals surface area contributed by atoms with Crippen molar-refractivity contribution in [2.75, 3.05) is 7.11 Å². The van der Waals surface area contributed by atoms with Gasteiger partial charge >= 0.3 is 0 Å². The molecule has 0 fully saturated rings. The van der Waals surface area contributed by atoms with Gasteiger partial charge in [-0.05, 0) is 60.2 Å². The van der Waals surface area contributed by atoms with Crippen LogP contribution < -0.4 is 14.9 Å². The Morgan fingerprint density at radius 3 is 2.55 bits per heavy atom. The highest BCUT2D eigenvalue weighted by Gasteiger charge is 2.05. The summed E-state index contributed by atoms with van der Waals surface area (Å²) < 4.78 is 10.8. The monoisotopic (exact) mass is 428 g/mol. The highest BCUT2D eigenvalue weighted by molar-refractivity contribution is 6.35. The second kappa shape index (κ2) is 9.96. The van der Waals surface area contributed by atoms with E-state index in [1.165, 1.54) is 0 Å². The first-order valence-electron chi connectivity index (χ1n) is 8.69. The van der Waals surface area contributed by atoms with Crippen molar-refractivity contribution in [2.45, 2.75) is 6.61 Å². The van der Waals surface area contributed by atoms with E-state index in [4.69, 9.17) is 32.7 Å². The van der Waals surface area contributed by atoms with Crippen molar-refractivity contribution < 1.29 is 14.3 Å². The van der Waals surface area contributed by atoms with E-state index >= 15 is 0 Å². The van der Waals surface area contributed by atoms with Crippen LogP contribution >= 0.6 is 23.2 Å². The summed E-state index contributed by atoms with van der Waals surface area (Å²) in [5, 5.41) is 5.13. The predicted octanol–water partition coefficient (Wildman–Crippen LogP) is 5.34. The van der Waals surface area contributed by atoms with Crippen LogP contribution in [0.15, 0.2) is 71.8 Å². The maximum absolute atomic E-state index is 12.1. The maximum Gasteiger partial charge on any atom is 0.271 e. The summed E-state index contributed by atoms with van der Waals surface area (Å²) in [7, 11) is 1.55. The van der Waals surface area contributed by atoms with E-state index in [2.05, 4.69) is 10.5 Å². The van der Waals surface area contributed by atoms with Crippen molar-refractivity contribution >= 4 is 35.3 Å². The Hall–Kier alpha value is -3.02. The predicted molar refractivity (Wildman–Crippen MR) is 115 cm³/mol. The van der Waals surface area contributed by atoms with Crippen molar-refractivity contribution in [3.05, 3.63) is 93.5 Å². The van der Waals surface area contributed by atoms with Crippen LogP contribution in [0.25, 0.3) is 0 Å². The van der Waals surface area contributed by atoms with Gasteiger partial charge in [0, 0.05) is 21.2 Å². The molecule has 5 nitrogen and oxygen atoms in total. The molecule has 29 heavy (non-hydrogen) atoms. The molecule has 0 bridgehead atoms. The zero-order valence-electron chi connectivity index (χ0n) is 15.6. The van der Waals surface area contributed by atoms with E-state index in [0.29, 0.717) is 33.7 Å². The van der Waals surface area contributed by atoms with E-state index in [1.807, 2.05) is 30.3 Å². The summed E-state index contributed by atoms with van der Waals surface area (Å²) in [6, 6.07) is 19.4. The molecule has 3 rings (SSSR count). The molecule has 0 aliphatic heterocycles. The fourth-order valence-electron chi connectivity index (χ4n) is 2.44. The fourth-order valence-corrected chi connectivity index (χ4v) is 2.91. The quantitative estimate of drug-likeness (QED) is 0.407. The molecule has 0 spiro atoms. The number of nitrogens with one attached hydrogen (secondary N) is 1. The first-order valence-corrected chi connectivity index (χ1v) is 9.45. The van der Waals surface area contributed by atoms with Gasteiger partial charge in [0.1, 0.15) is 18.1 Å². The van der Waals surface area contributed by atoms with Gasteiger partial charge in [-0.3, -0.25) is 4.79 Å². The van der Waals surface area contributed by atoms with Gasteiger partial charge in [-0.2, -0.15) is 5.10 Å². The van der Waals surface area contributed by atoms with Crippen LogP contribution in [0.1, 0.15) is 21.5 Å². The van der Waals surface area contributed by atoms with E-state index in [0.717, 1.165) is 11.1 Å². The van der Waals surface area contributed by atoms with Crippen LogP contribution in [0.2, 0.25) is 10.0 Å². The van der Waals surface area contributed by atoms with Crippen molar-refractivity contribution in [1.82, 2.24) is 5.43 Å². The highest BCUT2D eigenvalue weighted by atomic mass is 35.5. The van der Waals surface area contributed by atoms with E-state index in [9.17, 15) is 4.79 Å². The summed E-state index contributed by atoms with van der Waals surface area (Å²) in [5.41, 5.74) is 4.61. The van der Waals surface area contributed by atoms with Gasteiger partial charge in [0.15, 0.2) is 0 Å². The second-order valence-electron chi connectivity index (χ2n) is 6.02. The lowest BCUT2D eigenvalue weighted by Gasteiger charge is -2.08. The van der Waals surface area contributed by atoms with Gasteiger partial charge in [-0.1, -0.05) is 35.3 Å². The standard InChI is InChI=1S/C22H18Cl2N2O3/c1-28-20-4-2-3-16(11-20)22(27)26-25-13-15-5-9-19(10-6-15)29-14-17-7-8-18(23)12-21(17)24/h2-13H,14H2,1H3,(H,26,27)/b25-13-. The minimum atomic E-state index is -0.319. The fraction of sp³-hybridized carbons (Fsp3) is 0.0909. The van der Waals surface area contributed by atoms with Crippen molar-refractivity contribution in [2.24, 2.45) is 5.10 Å². The van der Waals surface area contributed by atoms with Gasteiger partial charge in [0.25, 0.3) is 5.91 Å². The lowest BCUT2D eigenvalue weighted by atomic mass is 10.2.